The lowest BCUT2D eigenvalue weighted by molar-refractivity contribution is 0.437. The summed E-state index contributed by atoms with van der Waals surface area (Å²) in [7, 11) is 0. The van der Waals surface area contributed by atoms with E-state index in [0.29, 0.717) is 6.04 Å². The summed E-state index contributed by atoms with van der Waals surface area (Å²) in [5, 5.41) is 0. The van der Waals surface area contributed by atoms with Gasteiger partial charge in [-0.05, 0) is 54.7 Å². The quantitative estimate of drug-likeness (QED) is 0.662. The molecule has 2 saturated carbocycles. The summed E-state index contributed by atoms with van der Waals surface area (Å²) in [5.41, 5.74) is 4.45. The summed E-state index contributed by atoms with van der Waals surface area (Å²) in [6, 6.07) is 9.08. The Hall–Kier alpha value is -0.380. The van der Waals surface area contributed by atoms with E-state index < -0.39 is 0 Å². The maximum atomic E-state index is 5.79. The second-order valence-corrected chi connectivity index (χ2v) is 6.71. The van der Waals surface area contributed by atoms with Crippen molar-refractivity contribution in [3.05, 3.63) is 34.3 Å². The van der Waals surface area contributed by atoms with Crippen LogP contribution in [0, 0.1) is 17.8 Å². The van der Waals surface area contributed by atoms with Gasteiger partial charge in [0.2, 0.25) is 0 Å². The second-order valence-electron chi connectivity index (χ2n) is 5.79. The van der Waals surface area contributed by atoms with Crippen molar-refractivity contribution in [2.45, 2.75) is 38.1 Å². The molecule has 2 aliphatic rings. The van der Waals surface area contributed by atoms with Gasteiger partial charge in [0, 0.05) is 10.5 Å². The molecular formula is C15H21BrN2. The number of nitrogens with two attached hydrogens (primary N) is 1. The molecule has 3 atom stereocenters. The molecule has 18 heavy (non-hydrogen) atoms. The summed E-state index contributed by atoms with van der Waals surface area (Å²) in [5.74, 6) is 8.51. The number of hydrogen-bond acceptors (Lipinski definition) is 2. The first-order valence-corrected chi connectivity index (χ1v) is 7.79. The van der Waals surface area contributed by atoms with E-state index >= 15 is 0 Å². The van der Waals surface area contributed by atoms with Crippen LogP contribution in [0.4, 0.5) is 0 Å². The third-order valence-electron chi connectivity index (χ3n) is 4.77. The smallest absolute Gasteiger partial charge is 0.0284 e. The van der Waals surface area contributed by atoms with E-state index in [4.69, 9.17) is 5.84 Å². The van der Waals surface area contributed by atoms with E-state index in [-0.39, 0.29) is 0 Å². The van der Waals surface area contributed by atoms with Crippen molar-refractivity contribution in [2.24, 2.45) is 23.6 Å². The SMILES string of the molecule is NNC(Cc1ccc(Br)cc1)C1C2CCCCC21. The lowest BCUT2D eigenvalue weighted by Crippen LogP contribution is -2.39. The van der Waals surface area contributed by atoms with Crippen molar-refractivity contribution in [1.82, 2.24) is 5.43 Å². The molecule has 0 amide bonds. The first-order chi connectivity index (χ1) is 8.79. The Morgan fingerprint density at radius 2 is 1.78 bits per heavy atom. The maximum absolute atomic E-state index is 5.79. The molecule has 0 aromatic heterocycles. The van der Waals surface area contributed by atoms with Crippen LogP contribution in [0.1, 0.15) is 31.2 Å². The Balaban J connectivity index is 1.65. The zero-order valence-electron chi connectivity index (χ0n) is 10.6. The highest BCUT2D eigenvalue weighted by Crippen LogP contribution is 2.57. The van der Waals surface area contributed by atoms with Crippen molar-refractivity contribution >= 4 is 15.9 Å². The Bertz CT molecular complexity index is 391. The normalized spacial score (nSPS) is 31.8. The molecular weight excluding hydrogens is 288 g/mol. The van der Waals surface area contributed by atoms with Gasteiger partial charge in [-0.15, -0.1) is 0 Å². The van der Waals surface area contributed by atoms with Crippen LogP contribution in [-0.2, 0) is 6.42 Å². The van der Waals surface area contributed by atoms with E-state index in [9.17, 15) is 0 Å². The van der Waals surface area contributed by atoms with Crippen molar-refractivity contribution in [2.75, 3.05) is 0 Å². The molecule has 1 aromatic rings. The third-order valence-corrected chi connectivity index (χ3v) is 5.30. The fraction of sp³-hybridized carbons (Fsp3) is 0.600. The molecule has 0 bridgehead atoms. The van der Waals surface area contributed by atoms with Gasteiger partial charge in [0.25, 0.3) is 0 Å². The largest absolute Gasteiger partial charge is 0.271 e. The lowest BCUT2D eigenvalue weighted by Gasteiger charge is -2.16. The second kappa shape index (κ2) is 5.32. The Morgan fingerprint density at radius 3 is 2.33 bits per heavy atom. The van der Waals surface area contributed by atoms with Gasteiger partial charge in [-0.1, -0.05) is 40.9 Å². The molecule has 3 heteroatoms. The van der Waals surface area contributed by atoms with Gasteiger partial charge in [-0.3, -0.25) is 11.3 Å². The maximum Gasteiger partial charge on any atom is 0.0284 e. The summed E-state index contributed by atoms with van der Waals surface area (Å²) in [4.78, 5) is 0. The summed E-state index contributed by atoms with van der Waals surface area (Å²) in [6.07, 6.45) is 6.75. The van der Waals surface area contributed by atoms with Crippen molar-refractivity contribution < 1.29 is 0 Å². The monoisotopic (exact) mass is 308 g/mol. The number of fused-ring (bicyclic) bond motifs is 1. The van der Waals surface area contributed by atoms with Crippen molar-refractivity contribution in [3.8, 4) is 0 Å². The Kier molecular flexibility index (Phi) is 3.73. The van der Waals surface area contributed by atoms with Crippen LogP contribution >= 0.6 is 15.9 Å². The average molecular weight is 309 g/mol. The molecule has 3 rings (SSSR count). The topological polar surface area (TPSA) is 38.0 Å². The molecule has 3 unspecified atom stereocenters. The number of hydrogen-bond donors (Lipinski definition) is 2. The van der Waals surface area contributed by atoms with E-state index in [1.165, 1.54) is 31.2 Å². The average Bonchev–Trinajstić information content (AvgIpc) is 3.12. The fourth-order valence-corrected chi connectivity index (χ4v) is 4.09. The number of benzene rings is 1. The van der Waals surface area contributed by atoms with Gasteiger partial charge in [0.05, 0.1) is 0 Å². The molecule has 0 aliphatic heterocycles. The summed E-state index contributed by atoms with van der Waals surface area (Å²) in [6.45, 7) is 0. The molecule has 1 aromatic carbocycles. The minimum atomic E-state index is 0.458. The molecule has 0 radical (unpaired) electrons. The van der Waals surface area contributed by atoms with Crippen molar-refractivity contribution in [1.29, 1.82) is 0 Å². The number of hydrazine groups is 1. The zero-order chi connectivity index (χ0) is 12.5. The van der Waals surface area contributed by atoms with Crippen LogP contribution in [0.3, 0.4) is 0 Å². The minimum absolute atomic E-state index is 0.458. The molecule has 2 nitrogen and oxygen atoms in total. The highest BCUT2D eigenvalue weighted by Gasteiger charge is 2.53. The standard InChI is InChI=1S/C15H21BrN2/c16-11-7-5-10(6-8-11)9-14(18-17)15-12-3-1-2-4-13(12)15/h5-8,12-15,18H,1-4,9,17H2. The molecule has 2 aliphatic carbocycles. The van der Waals surface area contributed by atoms with E-state index in [2.05, 4.69) is 45.6 Å². The highest BCUT2D eigenvalue weighted by molar-refractivity contribution is 9.10. The number of rotatable bonds is 4. The fourth-order valence-electron chi connectivity index (χ4n) is 3.83. The van der Waals surface area contributed by atoms with Gasteiger partial charge in [-0.2, -0.15) is 0 Å². The Morgan fingerprint density at radius 1 is 1.17 bits per heavy atom. The zero-order valence-corrected chi connectivity index (χ0v) is 12.2. The molecule has 0 heterocycles. The molecule has 0 spiro atoms. The lowest BCUT2D eigenvalue weighted by atomic mass is 10.0. The Labute approximate surface area is 117 Å². The highest BCUT2D eigenvalue weighted by atomic mass is 79.9. The van der Waals surface area contributed by atoms with Crippen LogP contribution in [0.5, 0.6) is 0 Å². The van der Waals surface area contributed by atoms with Crippen molar-refractivity contribution in [3.63, 3.8) is 0 Å². The predicted molar refractivity (Wildman–Crippen MR) is 77.9 cm³/mol. The first kappa shape index (κ1) is 12.6. The number of nitrogens with one attached hydrogen (secondary N) is 1. The predicted octanol–water partition coefficient (Wildman–Crippen LogP) is 3.26. The van der Waals surface area contributed by atoms with Gasteiger partial charge in [0.15, 0.2) is 0 Å². The third kappa shape index (κ3) is 2.49. The first-order valence-electron chi connectivity index (χ1n) is 7.00. The minimum Gasteiger partial charge on any atom is -0.271 e. The van der Waals surface area contributed by atoms with Gasteiger partial charge in [-0.25, -0.2) is 0 Å². The molecule has 3 N–H and O–H groups in total. The van der Waals surface area contributed by atoms with E-state index in [1.54, 1.807) is 0 Å². The molecule has 2 fully saturated rings. The van der Waals surface area contributed by atoms with Crippen LogP contribution < -0.4 is 11.3 Å². The van der Waals surface area contributed by atoms with E-state index in [1.807, 2.05) is 0 Å². The van der Waals surface area contributed by atoms with Gasteiger partial charge >= 0.3 is 0 Å². The van der Waals surface area contributed by atoms with Crippen LogP contribution in [0.25, 0.3) is 0 Å². The summed E-state index contributed by atoms with van der Waals surface area (Å²) >= 11 is 3.48. The molecule has 98 valence electrons. The van der Waals surface area contributed by atoms with Gasteiger partial charge < -0.3 is 0 Å². The summed E-state index contributed by atoms with van der Waals surface area (Å²) < 4.78 is 1.14. The van der Waals surface area contributed by atoms with Crippen LogP contribution in [0.15, 0.2) is 28.7 Å². The van der Waals surface area contributed by atoms with Crippen LogP contribution in [-0.4, -0.2) is 6.04 Å². The number of halogens is 1. The van der Waals surface area contributed by atoms with E-state index in [0.717, 1.165) is 28.6 Å². The van der Waals surface area contributed by atoms with Gasteiger partial charge in [0.1, 0.15) is 0 Å². The molecule has 0 saturated heterocycles. The van der Waals surface area contributed by atoms with Crippen LogP contribution in [0.2, 0.25) is 0 Å².